The summed E-state index contributed by atoms with van der Waals surface area (Å²) in [5.74, 6) is 0.254. The summed E-state index contributed by atoms with van der Waals surface area (Å²) < 4.78 is 2.66. The van der Waals surface area contributed by atoms with E-state index in [1.54, 1.807) is 0 Å². The Morgan fingerprint density at radius 3 is 1.88 bits per heavy atom. The average Bonchev–Trinajstić information content (AvgIpc) is 3.57. The molecule has 232 valence electrons. The van der Waals surface area contributed by atoms with Crippen molar-refractivity contribution in [2.45, 2.75) is 12.3 Å². The zero-order chi connectivity index (χ0) is 32.6. The van der Waals surface area contributed by atoms with E-state index >= 15 is 0 Å². The summed E-state index contributed by atoms with van der Waals surface area (Å²) >= 11 is 1.86. The molecule has 1 unspecified atom stereocenters. The van der Waals surface area contributed by atoms with Crippen molar-refractivity contribution in [2.24, 2.45) is 4.99 Å². The summed E-state index contributed by atoms with van der Waals surface area (Å²) in [4.78, 5) is 5.29. The van der Waals surface area contributed by atoms with Crippen molar-refractivity contribution in [1.82, 2.24) is 0 Å². The van der Waals surface area contributed by atoms with Crippen molar-refractivity contribution in [1.29, 1.82) is 0 Å². The van der Waals surface area contributed by atoms with Gasteiger partial charge in [-0.3, -0.25) is 4.99 Å². The summed E-state index contributed by atoms with van der Waals surface area (Å²) in [7, 11) is 0. The van der Waals surface area contributed by atoms with Crippen molar-refractivity contribution < 1.29 is 0 Å². The number of hydrogen-bond acceptors (Lipinski definition) is 2. The first-order valence-corrected chi connectivity index (χ1v) is 17.7. The Kier molecular flexibility index (Phi) is 7.57. The number of aliphatic imine (C=N–C) groups is 1. The number of allylic oxidation sites excluding steroid dienone is 1. The quantitative estimate of drug-likeness (QED) is 0.171. The van der Waals surface area contributed by atoms with Gasteiger partial charge < -0.3 is 0 Å². The molecule has 0 saturated carbocycles. The minimum atomic E-state index is 0.254. The van der Waals surface area contributed by atoms with Crippen molar-refractivity contribution in [2.75, 3.05) is 0 Å². The lowest BCUT2D eigenvalue weighted by molar-refractivity contribution is 0.879. The lowest BCUT2D eigenvalue weighted by Gasteiger charge is -2.22. The first-order chi connectivity index (χ1) is 24.3. The van der Waals surface area contributed by atoms with Gasteiger partial charge in [-0.05, 0) is 74.8 Å². The summed E-state index contributed by atoms with van der Waals surface area (Å²) in [6.07, 6.45) is 3.23. The van der Waals surface area contributed by atoms with E-state index in [0.717, 1.165) is 23.4 Å². The second-order valence-electron chi connectivity index (χ2n) is 12.7. The highest BCUT2D eigenvalue weighted by atomic mass is 32.1. The molecule has 7 aromatic carbocycles. The van der Waals surface area contributed by atoms with Gasteiger partial charge in [0.15, 0.2) is 0 Å². The first kappa shape index (κ1) is 29.3. The maximum absolute atomic E-state index is 5.29. The molecular weight excluding hydrogens is 611 g/mol. The maximum atomic E-state index is 5.29. The van der Waals surface area contributed by atoms with Crippen molar-refractivity contribution in [3.8, 4) is 33.4 Å². The van der Waals surface area contributed by atoms with Crippen LogP contribution in [0.1, 0.15) is 29.0 Å². The van der Waals surface area contributed by atoms with Crippen LogP contribution in [0.25, 0.3) is 59.3 Å². The highest BCUT2D eigenvalue weighted by Crippen LogP contribution is 2.41. The highest BCUT2D eigenvalue weighted by Gasteiger charge is 2.21. The molecule has 0 aliphatic carbocycles. The molecule has 2 heteroatoms. The van der Waals surface area contributed by atoms with Gasteiger partial charge >= 0.3 is 0 Å². The van der Waals surface area contributed by atoms with E-state index < -0.39 is 0 Å². The van der Waals surface area contributed by atoms with E-state index in [1.165, 1.54) is 64.7 Å². The van der Waals surface area contributed by atoms with Crippen LogP contribution in [0.5, 0.6) is 0 Å². The van der Waals surface area contributed by atoms with Crippen LogP contribution in [0.15, 0.2) is 187 Å². The van der Waals surface area contributed by atoms with Gasteiger partial charge in [0.1, 0.15) is 0 Å². The third kappa shape index (κ3) is 5.71. The van der Waals surface area contributed by atoms with E-state index in [2.05, 4.69) is 182 Å². The molecule has 1 aliphatic heterocycles. The fourth-order valence-electron chi connectivity index (χ4n) is 7.16. The van der Waals surface area contributed by atoms with Gasteiger partial charge in [0.25, 0.3) is 0 Å². The zero-order valence-electron chi connectivity index (χ0n) is 27.0. The third-order valence-corrected chi connectivity index (χ3v) is 10.8. The smallest absolute Gasteiger partial charge is 0.0672 e. The summed E-state index contributed by atoms with van der Waals surface area (Å²) in [5.41, 5.74) is 13.0. The largest absolute Gasteiger partial charge is 0.252 e. The van der Waals surface area contributed by atoms with Gasteiger partial charge in [0.05, 0.1) is 5.70 Å². The van der Waals surface area contributed by atoms with Crippen molar-refractivity contribution >= 4 is 42.9 Å². The lowest BCUT2D eigenvalue weighted by atomic mass is 9.86. The maximum Gasteiger partial charge on any atom is 0.0672 e. The topological polar surface area (TPSA) is 12.4 Å². The number of benzene rings is 7. The molecule has 0 N–H and O–H groups in total. The van der Waals surface area contributed by atoms with Crippen LogP contribution in [0.3, 0.4) is 0 Å². The summed E-state index contributed by atoms with van der Waals surface area (Å²) in [6, 6.07) is 63.7. The van der Waals surface area contributed by atoms with E-state index in [1.807, 2.05) is 11.3 Å². The van der Waals surface area contributed by atoms with Gasteiger partial charge in [-0.1, -0.05) is 152 Å². The fourth-order valence-corrected chi connectivity index (χ4v) is 8.24. The molecule has 1 nitrogen and oxygen atoms in total. The predicted octanol–water partition coefficient (Wildman–Crippen LogP) is 13.1. The first-order valence-electron chi connectivity index (χ1n) is 16.9. The zero-order valence-corrected chi connectivity index (χ0v) is 27.8. The van der Waals surface area contributed by atoms with Crippen LogP contribution < -0.4 is 0 Å². The van der Waals surface area contributed by atoms with Gasteiger partial charge in [-0.2, -0.15) is 0 Å². The number of fused-ring (bicyclic) bond motifs is 3. The molecule has 2 heterocycles. The molecular formula is C47H33NS. The number of thiophene rings is 1. The molecule has 0 saturated heterocycles. The van der Waals surface area contributed by atoms with Crippen LogP contribution in [0.4, 0.5) is 0 Å². The van der Waals surface area contributed by atoms with E-state index in [0.29, 0.717) is 0 Å². The van der Waals surface area contributed by atoms with E-state index in [-0.39, 0.29) is 5.92 Å². The van der Waals surface area contributed by atoms with Gasteiger partial charge in [-0.15, -0.1) is 11.3 Å². The second kappa shape index (κ2) is 12.6. The van der Waals surface area contributed by atoms with Crippen LogP contribution >= 0.6 is 11.3 Å². The molecule has 0 bridgehead atoms. The predicted molar refractivity (Wildman–Crippen MR) is 210 cm³/mol. The van der Waals surface area contributed by atoms with E-state index in [9.17, 15) is 0 Å². The molecule has 1 atom stereocenters. The summed E-state index contributed by atoms with van der Waals surface area (Å²) in [5, 5.41) is 2.65. The number of nitrogens with zero attached hydrogens (tertiary/aromatic N) is 1. The molecule has 8 aromatic rings. The number of hydrogen-bond donors (Lipinski definition) is 0. The monoisotopic (exact) mass is 643 g/mol. The lowest BCUT2D eigenvalue weighted by Crippen LogP contribution is -2.12. The van der Waals surface area contributed by atoms with Crippen LogP contribution in [0.2, 0.25) is 0 Å². The molecule has 9 rings (SSSR count). The van der Waals surface area contributed by atoms with Gasteiger partial charge in [0, 0.05) is 43.8 Å². The van der Waals surface area contributed by atoms with Gasteiger partial charge in [0.2, 0.25) is 0 Å². The van der Waals surface area contributed by atoms with Crippen LogP contribution in [0, 0.1) is 0 Å². The average molecular weight is 644 g/mol. The molecule has 0 radical (unpaired) electrons. The number of rotatable bonds is 6. The van der Waals surface area contributed by atoms with Crippen molar-refractivity contribution in [3.05, 3.63) is 199 Å². The van der Waals surface area contributed by atoms with Gasteiger partial charge in [-0.25, -0.2) is 0 Å². The fraction of sp³-hybridized carbons (Fsp3) is 0.0426. The molecule has 0 fully saturated rings. The minimum Gasteiger partial charge on any atom is -0.252 e. The Hall–Kier alpha value is -5.83. The minimum absolute atomic E-state index is 0.254. The Balaban J connectivity index is 1.15. The molecule has 49 heavy (non-hydrogen) atoms. The van der Waals surface area contributed by atoms with Crippen LogP contribution in [-0.2, 0) is 0 Å². The Morgan fingerprint density at radius 1 is 0.429 bits per heavy atom. The molecule has 1 aliphatic rings. The second-order valence-corrected chi connectivity index (χ2v) is 13.8. The Bertz CT molecular complexity index is 2510. The van der Waals surface area contributed by atoms with Crippen molar-refractivity contribution in [3.63, 3.8) is 0 Å². The van der Waals surface area contributed by atoms with E-state index in [4.69, 9.17) is 4.99 Å². The molecule has 0 spiro atoms. The molecule has 1 aromatic heterocycles. The normalized spacial score (nSPS) is 14.5. The van der Waals surface area contributed by atoms with Crippen LogP contribution in [-0.4, -0.2) is 5.71 Å². The third-order valence-electron chi connectivity index (χ3n) is 9.65. The SMILES string of the molecule is C1=C(c2cccc(-c3ccc(-c4ccc5sc6ccccc6c5c4)cc3-c3ccccc3)c2)N=C(c2ccccc2)CC1c1ccccc1. The standard InChI is InChI=1S/C47H33NS/c1-4-13-32(14-5-1)39-30-44(34-17-8-3-9-18-34)48-45(31-39)38-20-12-19-37(27-38)40-25-23-35(28-42(40)33-15-6-2-7-16-33)36-24-26-47-43(29-36)41-21-10-11-22-46(41)49-47/h1-29,31,39H,30H2. The highest BCUT2D eigenvalue weighted by molar-refractivity contribution is 7.25. The molecule has 0 amide bonds. The Morgan fingerprint density at radius 2 is 1.06 bits per heavy atom. The Labute approximate surface area is 291 Å². The summed E-state index contributed by atoms with van der Waals surface area (Å²) in [6.45, 7) is 0.